The summed E-state index contributed by atoms with van der Waals surface area (Å²) >= 11 is 0. The first-order chi connectivity index (χ1) is 41.0. The van der Waals surface area contributed by atoms with E-state index in [1.807, 2.05) is 0 Å². The Morgan fingerprint density at radius 3 is 0.759 bits per heavy atom. The van der Waals surface area contributed by atoms with Crippen LogP contribution in [-0.4, -0.2) is 37.2 Å². The second-order valence-electron chi connectivity index (χ2n) is 24.1. The summed E-state index contributed by atoms with van der Waals surface area (Å²) in [5, 5.41) is 0. The fourth-order valence-electron chi connectivity index (χ4n) is 10.5. The predicted molar refractivity (Wildman–Crippen MR) is 362 cm³/mol. The second-order valence-corrected chi connectivity index (χ2v) is 24.1. The Morgan fingerprint density at radius 1 is 0.253 bits per heavy atom. The van der Waals surface area contributed by atoms with E-state index in [1.165, 1.54) is 218 Å². The lowest BCUT2D eigenvalue weighted by molar-refractivity contribution is -0.167. The molecule has 0 bridgehead atoms. The SMILES string of the molecule is CC/C=C\C/C=C\C/C=C\C/C=C\C/C=C\CCCCCCCCCCCCCCCC(=O)OCC(COC(=O)CCCCCCC/C=C\C/C=C\CCCCC)OC(=O)CCCCCCCCCCCCCCCCCCCCCCC. The fourth-order valence-corrected chi connectivity index (χ4v) is 10.5. The second kappa shape index (κ2) is 71.1. The minimum atomic E-state index is -0.782. The zero-order valence-electron chi connectivity index (χ0n) is 55.2. The number of esters is 3. The van der Waals surface area contributed by atoms with Crippen LogP contribution in [0.1, 0.15) is 367 Å². The number of allylic oxidation sites excluding steroid dienone is 14. The van der Waals surface area contributed by atoms with E-state index >= 15 is 0 Å². The minimum absolute atomic E-state index is 0.0774. The Kier molecular flexibility index (Phi) is 68.2. The van der Waals surface area contributed by atoms with Gasteiger partial charge in [0.15, 0.2) is 6.10 Å². The summed E-state index contributed by atoms with van der Waals surface area (Å²) < 4.78 is 17.0. The van der Waals surface area contributed by atoms with Crippen molar-refractivity contribution in [2.75, 3.05) is 13.2 Å². The maximum Gasteiger partial charge on any atom is 0.306 e. The maximum atomic E-state index is 13.0. The number of carbonyl (C=O) groups excluding carboxylic acids is 3. The number of hydrogen-bond acceptors (Lipinski definition) is 6. The first-order valence-corrected chi connectivity index (χ1v) is 36.1. The van der Waals surface area contributed by atoms with Gasteiger partial charge < -0.3 is 14.2 Å². The zero-order valence-corrected chi connectivity index (χ0v) is 55.2. The van der Waals surface area contributed by atoms with E-state index in [1.54, 1.807) is 0 Å². The lowest BCUT2D eigenvalue weighted by atomic mass is 10.0. The smallest absolute Gasteiger partial charge is 0.306 e. The number of rotatable bonds is 66. The molecule has 0 aliphatic heterocycles. The lowest BCUT2D eigenvalue weighted by Crippen LogP contribution is -2.30. The Balaban J connectivity index is 4.28. The van der Waals surface area contributed by atoms with Gasteiger partial charge in [0.05, 0.1) is 0 Å². The first kappa shape index (κ1) is 79.6. The highest BCUT2D eigenvalue weighted by Gasteiger charge is 2.19. The molecule has 0 aliphatic rings. The molecule has 480 valence electrons. The maximum absolute atomic E-state index is 13.0. The van der Waals surface area contributed by atoms with Crippen LogP contribution in [0.4, 0.5) is 0 Å². The quantitative estimate of drug-likeness (QED) is 0.0261. The van der Waals surface area contributed by atoms with Crippen LogP contribution < -0.4 is 0 Å². The predicted octanol–water partition coefficient (Wildman–Crippen LogP) is 25.0. The monoisotopic (exact) mass is 1160 g/mol. The van der Waals surface area contributed by atoms with E-state index in [0.29, 0.717) is 19.3 Å². The fraction of sp³-hybridized carbons (Fsp3) is 0.779. The van der Waals surface area contributed by atoms with Crippen LogP contribution in [-0.2, 0) is 28.6 Å². The Bertz CT molecular complexity index is 1570. The molecule has 0 aromatic carbocycles. The van der Waals surface area contributed by atoms with Gasteiger partial charge in [-0.05, 0) is 96.3 Å². The van der Waals surface area contributed by atoms with Crippen molar-refractivity contribution >= 4 is 17.9 Å². The van der Waals surface area contributed by atoms with E-state index < -0.39 is 6.10 Å². The van der Waals surface area contributed by atoms with Crippen LogP contribution in [0.25, 0.3) is 0 Å². The molecule has 0 heterocycles. The van der Waals surface area contributed by atoms with Gasteiger partial charge in [0.25, 0.3) is 0 Å². The van der Waals surface area contributed by atoms with Crippen molar-refractivity contribution in [1.29, 1.82) is 0 Å². The molecule has 0 rings (SSSR count). The molecule has 0 saturated heterocycles. The highest BCUT2D eigenvalue weighted by Crippen LogP contribution is 2.18. The van der Waals surface area contributed by atoms with Crippen molar-refractivity contribution in [2.45, 2.75) is 374 Å². The molecule has 0 aromatic heterocycles. The van der Waals surface area contributed by atoms with E-state index in [4.69, 9.17) is 14.2 Å². The average Bonchev–Trinajstić information content (AvgIpc) is 3.49. The minimum Gasteiger partial charge on any atom is -0.462 e. The molecule has 1 unspecified atom stereocenters. The molecule has 1 atom stereocenters. The van der Waals surface area contributed by atoms with Gasteiger partial charge in [-0.3, -0.25) is 14.4 Å². The van der Waals surface area contributed by atoms with Crippen molar-refractivity contribution in [3.63, 3.8) is 0 Å². The third kappa shape index (κ3) is 69.3. The molecule has 0 spiro atoms. The molecule has 83 heavy (non-hydrogen) atoms. The normalized spacial score (nSPS) is 12.6. The summed E-state index contributed by atoms with van der Waals surface area (Å²) in [6.07, 6.45) is 94.7. The van der Waals surface area contributed by atoms with Crippen LogP contribution in [0.3, 0.4) is 0 Å². The van der Waals surface area contributed by atoms with Gasteiger partial charge in [-0.1, -0.05) is 337 Å². The molecule has 0 saturated carbocycles. The lowest BCUT2D eigenvalue weighted by Gasteiger charge is -2.18. The number of carbonyl (C=O) groups is 3. The van der Waals surface area contributed by atoms with Crippen LogP contribution in [0.15, 0.2) is 85.1 Å². The molecule has 0 N–H and O–H groups in total. The van der Waals surface area contributed by atoms with Crippen molar-refractivity contribution in [2.24, 2.45) is 0 Å². The standard InChI is InChI=1S/C77H136O6/c1-4-7-10-13-16-19-22-25-28-30-32-34-35-36-37-38-39-40-41-43-44-46-49-52-55-58-61-64-67-70-76(79)82-73-74(72-81-75(78)69-66-63-60-57-54-51-48-27-24-21-18-15-12-9-6-3)83-77(80)71-68-65-62-59-56-53-50-47-45-42-33-31-29-26-23-20-17-14-11-8-5-2/h7,10,16,18-19,21,25,27-28,32,34,36-37,48,74H,4-6,8-9,11-15,17,20,22-24,26,29-31,33,35,38-47,49-73H2,1-3H3/b10-7-,19-16-,21-18-,28-25-,34-32-,37-36-,48-27-. The number of unbranched alkanes of at least 4 members (excludes halogenated alkanes) is 41. The van der Waals surface area contributed by atoms with Gasteiger partial charge in [0.2, 0.25) is 0 Å². The average molecular weight is 1160 g/mol. The largest absolute Gasteiger partial charge is 0.462 e. The first-order valence-electron chi connectivity index (χ1n) is 36.1. The van der Waals surface area contributed by atoms with Crippen molar-refractivity contribution in [3.8, 4) is 0 Å². The number of ether oxygens (including phenoxy) is 3. The summed E-state index contributed by atoms with van der Waals surface area (Å²) in [5.74, 6) is -0.870. The van der Waals surface area contributed by atoms with Gasteiger partial charge in [-0.2, -0.15) is 0 Å². The highest BCUT2D eigenvalue weighted by atomic mass is 16.6. The van der Waals surface area contributed by atoms with E-state index in [2.05, 4.69) is 106 Å². The van der Waals surface area contributed by atoms with Crippen LogP contribution in [0.5, 0.6) is 0 Å². The van der Waals surface area contributed by atoms with Crippen LogP contribution in [0.2, 0.25) is 0 Å². The molecule has 0 fully saturated rings. The van der Waals surface area contributed by atoms with E-state index in [9.17, 15) is 14.4 Å². The summed E-state index contributed by atoms with van der Waals surface area (Å²) in [4.78, 5) is 38.5. The van der Waals surface area contributed by atoms with Crippen molar-refractivity contribution < 1.29 is 28.6 Å². The van der Waals surface area contributed by atoms with Crippen LogP contribution >= 0.6 is 0 Å². The molecular formula is C77H136O6. The Morgan fingerprint density at radius 2 is 0.470 bits per heavy atom. The third-order valence-electron chi connectivity index (χ3n) is 15.9. The summed E-state index contributed by atoms with van der Waals surface area (Å²) in [7, 11) is 0. The van der Waals surface area contributed by atoms with Gasteiger partial charge in [-0.15, -0.1) is 0 Å². The molecule has 0 aromatic rings. The van der Waals surface area contributed by atoms with Crippen molar-refractivity contribution in [3.05, 3.63) is 85.1 Å². The highest BCUT2D eigenvalue weighted by molar-refractivity contribution is 5.71. The molecule has 6 heteroatoms. The topological polar surface area (TPSA) is 78.9 Å². The van der Waals surface area contributed by atoms with Gasteiger partial charge >= 0.3 is 17.9 Å². The summed E-state index contributed by atoms with van der Waals surface area (Å²) in [6.45, 7) is 6.55. The van der Waals surface area contributed by atoms with Crippen LogP contribution in [0, 0.1) is 0 Å². The number of hydrogen-bond donors (Lipinski definition) is 0. The Labute approximate surface area is 515 Å². The molecule has 6 nitrogen and oxygen atoms in total. The van der Waals surface area contributed by atoms with E-state index in [-0.39, 0.29) is 31.1 Å². The Hall–Kier alpha value is -3.41. The van der Waals surface area contributed by atoms with Gasteiger partial charge in [0, 0.05) is 19.3 Å². The van der Waals surface area contributed by atoms with Gasteiger partial charge in [0.1, 0.15) is 13.2 Å². The third-order valence-corrected chi connectivity index (χ3v) is 15.9. The molecule has 0 aliphatic carbocycles. The zero-order chi connectivity index (χ0) is 59.9. The van der Waals surface area contributed by atoms with E-state index in [0.717, 1.165) is 109 Å². The summed E-state index contributed by atoms with van der Waals surface area (Å²) in [6, 6.07) is 0. The molecular weight excluding hydrogens is 1020 g/mol. The summed E-state index contributed by atoms with van der Waals surface area (Å²) in [5.41, 5.74) is 0. The molecule has 0 radical (unpaired) electrons. The van der Waals surface area contributed by atoms with Crippen molar-refractivity contribution in [1.82, 2.24) is 0 Å². The molecule has 0 amide bonds. The van der Waals surface area contributed by atoms with Gasteiger partial charge in [-0.25, -0.2) is 0 Å².